The lowest BCUT2D eigenvalue weighted by Gasteiger charge is -2.19. The summed E-state index contributed by atoms with van der Waals surface area (Å²) in [5.74, 6) is 1.07. The van der Waals surface area contributed by atoms with Crippen molar-refractivity contribution in [3.8, 4) is 0 Å². The lowest BCUT2D eigenvalue weighted by Crippen LogP contribution is -2.22. The van der Waals surface area contributed by atoms with Gasteiger partial charge in [-0.25, -0.2) is 0 Å². The third-order valence-corrected chi connectivity index (χ3v) is 3.69. The molecule has 108 valence electrons. The summed E-state index contributed by atoms with van der Waals surface area (Å²) in [4.78, 5) is 0. The van der Waals surface area contributed by atoms with Crippen molar-refractivity contribution in [3.05, 3.63) is 59.5 Å². The van der Waals surface area contributed by atoms with Crippen LogP contribution in [0, 0.1) is 0 Å². The Bertz CT molecular complexity index is 473. The van der Waals surface area contributed by atoms with Crippen LogP contribution >= 0.6 is 0 Å². The van der Waals surface area contributed by atoms with Gasteiger partial charge < -0.3 is 9.73 Å². The monoisotopic (exact) mass is 271 g/mol. The smallest absolute Gasteiger partial charge is 0.103 e. The summed E-state index contributed by atoms with van der Waals surface area (Å²) in [6.07, 6.45) is 6.05. The molecule has 0 aliphatic heterocycles. The van der Waals surface area contributed by atoms with Gasteiger partial charge in [-0.2, -0.15) is 0 Å². The van der Waals surface area contributed by atoms with Crippen molar-refractivity contribution < 1.29 is 4.42 Å². The molecule has 0 aliphatic rings. The van der Waals surface area contributed by atoms with E-state index in [0.29, 0.717) is 6.04 Å². The standard InChI is InChI=1S/C18H25NO/c1-3-13-19-18(12-11-17-6-5-14-20-17)16-9-7-15(4-2)8-10-16/h5-10,14,18-19H,3-4,11-13H2,1-2H3. The van der Waals surface area contributed by atoms with E-state index in [4.69, 9.17) is 4.42 Å². The number of hydrogen-bond donors (Lipinski definition) is 1. The van der Waals surface area contributed by atoms with E-state index in [-0.39, 0.29) is 0 Å². The van der Waals surface area contributed by atoms with Crippen LogP contribution in [0.3, 0.4) is 0 Å². The molecule has 0 saturated carbocycles. The Labute approximate surface area is 122 Å². The molecule has 20 heavy (non-hydrogen) atoms. The summed E-state index contributed by atoms with van der Waals surface area (Å²) in [6.45, 7) is 5.45. The highest BCUT2D eigenvalue weighted by molar-refractivity contribution is 5.25. The molecule has 0 saturated heterocycles. The van der Waals surface area contributed by atoms with Crippen LogP contribution in [0.4, 0.5) is 0 Å². The van der Waals surface area contributed by atoms with E-state index in [0.717, 1.165) is 38.0 Å². The first-order valence-corrected chi connectivity index (χ1v) is 7.68. The molecule has 2 nitrogen and oxygen atoms in total. The van der Waals surface area contributed by atoms with Crippen molar-refractivity contribution in [1.29, 1.82) is 0 Å². The Balaban J connectivity index is 2.01. The van der Waals surface area contributed by atoms with E-state index in [1.807, 2.05) is 6.07 Å². The van der Waals surface area contributed by atoms with Crippen LogP contribution in [-0.4, -0.2) is 6.54 Å². The molecule has 1 atom stereocenters. The molecule has 0 radical (unpaired) electrons. The maximum Gasteiger partial charge on any atom is 0.103 e. The zero-order chi connectivity index (χ0) is 14.2. The first kappa shape index (κ1) is 14.9. The molecule has 0 amide bonds. The van der Waals surface area contributed by atoms with Crippen molar-refractivity contribution in [2.45, 2.75) is 45.6 Å². The van der Waals surface area contributed by atoms with Crippen LogP contribution in [0.25, 0.3) is 0 Å². The molecule has 0 aliphatic carbocycles. The van der Waals surface area contributed by atoms with Crippen molar-refractivity contribution in [3.63, 3.8) is 0 Å². The fraction of sp³-hybridized carbons (Fsp3) is 0.444. The fourth-order valence-corrected chi connectivity index (χ4v) is 2.43. The number of hydrogen-bond acceptors (Lipinski definition) is 2. The number of benzene rings is 1. The third kappa shape index (κ3) is 4.24. The molecular formula is C18H25NO. The SMILES string of the molecule is CCCNC(CCc1ccco1)c1ccc(CC)cc1. The van der Waals surface area contributed by atoms with Gasteiger partial charge in [0.25, 0.3) is 0 Å². The molecule has 1 heterocycles. The van der Waals surface area contributed by atoms with Gasteiger partial charge in [-0.1, -0.05) is 38.1 Å². The molecular weight excluding hydrogens is 246 g/mol. The predicted octanol–water partition coefficient (Wildman–Crippen LogP) is 4.52. The third-order valence-electron chi connectivity index (χ3n) is 3.69. The van der Waals surface area contributed by atoms with Crippen molar-refractivity contribution in [1.82, 2.24) is 5.32 Å². The summed E-state index contributed by atoms with van der Waals surface area (Å²) in [5.41, 5.74) is 2.77. The first-order chi connectivity index (χ1) is 9.83. The second kappa shape index (κ2) is 7.91. The minimum absolute atomic E-state index is 0.408. The average molecular weight is 271 g/mol. The van der Waals surface area contributed by atoms with E-state index in [1.165, 1.54) is 11.1 Å². The second-order valence-corrected chi connectivity index (χ2v) is 5.22. The fourth-order valence-electron chi connectivity index (χ4n) is 2.43. The van der Waals surface area contributed by atoms with Gasteiger partial charge in [-0.15, -0.1) is 0 Å². The van der Waals surface area contributed by atoms with Gasteiger partial charge in [0.05, 0.1) is 6.26 Å². The Morgan fingerprint density at radius 1 is 1.10 bits per heavy atom. The molecule has 0 fully saturated rings. The van der Waals surface area contributed by atoms with Gasteiger partial charge in [-0.05, 0) is 49.1 Å². The first-order valence-electron chi connectivity index (χ1n) is 7.68. The molecule has 1 N–H and O–H groups in total. The van der Waals surface area contributed by atoms with E-state index < -0.39 is 0 Å². The topological polar surface area (TPSA) is 25.2 Å². The Morgan fingerprint density at radius 3 is 2.50 bits per heavy atom. The highest BCUT2D eigenvalue weighted by Crippen LogP contribution is 2.20. The van der Waals surface area contributed by atoms with E-state index in [9.17, 15) is 0 Å². The average Bonchev–Trinajstić information content (AvgIpc) is 3.01. The van der Waals surface area contributed by atoms with E-state index >= 15 is 0 Å². The molecule has 2 rings (SSSR count). The maximum absolute atomic E-state index is 5.43. The van der Waals surface area contributed by atoms with Gasteiger partial charge >= 0.3 is 0 Å². The van der Waals surface area contributed by atoms with Gasteiger partial charge in [0.2, 0.25) is 0 Å². The van der Waals surface area contributed by atoms with Crippen molar-refractivity contribution in [2.75, 3.05) is 6.54 Å². The van der Waals surface area contributed by atoms with E-state index in [2.05, 4.69) is 49.5 Å². The minimum atomic E-state index is 0.408. The molecule has 0 bridgehead atoms. The van der Waals surface area contributed by atoms with Crippen LogP contribution < -0.4 is 5.32 Å². The zero-order valence-corrected chi connectivity index (χ0v) is 12.6. The van der Waals surface area contributed by atoms with Crippen LogP contribution in [0.15, 0.2) is 47.1 Å². The number of aryl methyl sites for hydroxylation is 2. The highest BCUT2D eigenvalue weighted by atomic mass is 16.3. The largest absolute Gasteiger partial charge is 0.469 e. The zero-order valence-electron chi connectivity index (χ0n) is 12.6. The van der Waals surface area contributed by atoms with Gasteiger partial charge in [-0.3, -0.25) is 0 Å². The van der Waals surface area contributed by atoms with Gasteiger partial charge in [0, 0.05) is 12.5 Å². The summed E-state index contributed by atoms with van der Waals surface area (Å²) < 4.78 is 5.43. The summed E-state index contributed by atoms with van der Waals surface area (Å²) in [6, 6.07) is 13.4. The van der Waals surface area contributed by atoms with Crippen molar-refractivity contribution in [2.24, 2.45) is 0 Å². The Morgan fingerprint density at radius 2 is 1.90 bits per heavy atom. The van der Waals surface area contributed by atoms with Crippen LogP contribution in [-0.2, 0) is 12.8 Å². The summed E-state index contributed by atoms with van der Waals surface area (Å²) >= 11 is 0. The lowest BCUT2D eigenvalue weighted by atomic mass is 9.99. The van der Waals surface area contributed by atoms with Crippen LogP contribution in [0.1, 0.15) is 49.6 Å². The Hall–Kier alpha value is -1.54. The Kier molecular flexibility index (Phi) is 5.87. The molecule has 1 aromatic heterocycles. The van der Waals surface area contributed by atoms with E-state index in [1.54, 1.807) is 6.26 Å². The van der Waals surface area contributed by atoms with Crippen LogP contribution in [0.2, 0.25) is 0 Å². The molecule has 2 heteroatoms. The number of nitrogens with one attached hydrogen (secondary N) is 1. The quantitative estimate of drug-likeness (QED) is 0.764. The molecule has 0 spiro atoms. The predicted molar refractivity (Wildman–Crippen MR) is 83.9 cm³/mol. The number of furan rings is 1. The highest BCUT2D eigenvalue weighted by Gasteiger charge is 2.11. The van der Waals surface area contributed by atoms with Crippen molar-refractivity contribution >= 4 is 0 Å². The van der Waals surface area contributed by atoms with Gasteiger partial charge in [0.15, 0.2) is 0 Å². The molecule has 2 aromatic rings. The van der Waals surface area contributed by atoms with Crippen LogP contribution in [0.5, 0.6) is 0 Å². The normalized spacial score (nSPS) is 12.5. The summed E-state index contributed by atoms with van der Waals surface area (Å²) in [5, 5.41) is 3.64. The minimum Gasteiger partial charge on any atom is -0.469 e. The van der Waals surface area contributed by atoms with Gasteiger partial charge in [0.1, 0.15) is 5.76 Å². The molecule has 1 aromatic carbocycles. The lowest BCUT2D eigenvalue weighted by molar-refractivity contribution is 0.452. The number of rotatable bonds is 8. The summed E-state index contributed by atoms with van der Waals surface area (Å²) in [7, 11) is 0. The second-order valence-electron chi connectivity index (χ2n) is 5.22. The molecule has 1 unspecified atom stereocenters. The maximum atomic E-state index is 5.43.